The fraction of sp³-hybridized carbons (Fsp3) is 0.526. The zero-order valence-electron chi connectivity index (χ0n) is 16.6. The van der Waals surface area contributed by atoms with E-state index < -0.39 is 6.36 Å². The third-order valence-electron chi connectivity index (χ3n) is 4.55. The van der Waals surface area contributed by atoms with Crippen LogP contribution in [0.15, 0.2) is 28.8 Å². The fourth-order valence-corrected chi connectivity index (χ4v) is 3.12. The number of anilines is 1. The van der Waals surface area contributed by atoms with Gasteiger partial charge in [0, 0.05) is 38.3 Å². The van der Waals surface area contributed by atoms with Gasteiger partial charge >= 0.3 is 6.36 Å². The van der Waals surface area contributed by atoms with Crippen LogP contribution in [0.25, 0.3) is 0 Å². The highest BCUT2D eigenvalue weighted by molar-refractivity contribution is 5.92. The Morgan fingerprint density at radius 3 is 2.47 bits per heavy atom. The number of alkyl halides is 3. The molecule has 30 heavy (non-hydrogen) atoms. The number of nitrogens with one attached hydrogen (secondary N) is 1. The van der Waals surface area contributed by atoms with Gasteiger partial charge in [-0.3, -0.25) is 14.6 Å². The van der Waals surface area contributed by atoms with Gasteiger partial charge in [0.2, 0.25) is 11.8 Å². The van der Waals surface area contributed by atoms with Gasteiger partial charge in [-0.25, -0.2) is 0 Å². The first kappa shape index (κ1) is 22.0. The van der Waals surface area contributed by atoms with E-state index in [0.717, 1.165) is 43.9 Å². The minimum absolute atomic E-state index is 0.204. The lowest BCUT2D eigenvalue weighted by molar-refractivity contribution is -0.274. The number of amides is 1. The van der Waals surface area contributed by atoms with Crippen LogP contribution in [-0.4, -0.2) is 64.9 Å². The molecule has 8 nitrogen and oxygen atoms in total. The van der Waals surface area contributed by atoms with Crippen LogP contribution in [0.2, 0.25) is 0 Å². The van der Waals surface area contributed by atoms with E-state index in [1.54, 1.807) is 0 Å². The van der Waals surface area contributed by atoms with Gasteiger partial charge in [-0.2, -0.15) is 4.98 Å². The number of hydrogen-bond acceptors (Lipinski definition) is 7. The van der Waals surface area contributed by atoms with E-state index in [0.29, 0.717) is 31.2 Å². The smallest absolute Gasteiger partial charge is 0.406 e. The molecule has 1 aromatic carbocycles. The molecule has 1 N–H and O–H groups in total. The first-order valence-electron chi connectivity index (χ1n) is 9.72. The van der Waals surface area contributed by atoms with Crippen molar-refractivity contribution in [2.45, 2.75) is 32.7 Å². The fourth-order valence-electron chi connectivity index (χ4n) is 3.12. The van der Waals surface area contributed by atoms with Crippen LogP contribution >= 0.6 is 0 Å². The minimum atomic E-state index is -4.74. The van der Waals surface area contributed by atoms with Crippen LogP contribution in [0.4, 0.5) is 18.9 Å². The number of aromatic nitrogens is 2. The number of carbonyl (C=O) groups excluding carboxylic acids is 1. The van der Waals surface area contributed by atoms with E-state index in [1.807, 2.05) is 4.90 Å². The van der Waals surface area contributed by atoms with E-state index in [2.05, 4.69) is 32.0 Å². The van der Waals surface area contributed by atoms with Gasteiger partial charge in [0.25, 0.3) is 0 Å². The molecule has 164 valence electrons. The molecular weight excluding hydrogens is 403 g/mol. The number of benzene rings is 1. The third kappa shape index (κ3) is 6.99. The highest BCUT2D eigenvalue weighted by Gasteiger charge is 2.31. The van der Waals surface area contributed by atoms with Crippen LogP contribution in [0.5, 0.6) is 5.75 Å². The van der Waals surface area contributed by atoms with Gasteiger partial charge in [-0.05, 0) is 30.7 Å². The Balaban J connectivity index is 1.39. The average Bonchev–Trinajstić information content (AvgIpc) is 3.11. The van der Waals surface area contributed by atoms with E-state index in [9.17, 15) is 18.0 Å². The number of nitrogens with zero attached hydrogens (tertiary/aromatic N) is 4. The molecule has 1 saturated heterocycles. The van der Waals surface area contributed by atoms with Crippen molar-refractivity contribution in [3.8, 4) is 5.75 Å². The SMILES string of the molecule is CCCc1noc(CN2CCN(CC(=O)Nc3ccc(OC(F)(F)F)cc3)CC2)n1. The largest absolute Gasteiger partial charge is 0.573 e. The molecule has 2 aromatic rings. The summed E-state index contributed by atoms with van der Waals surface area (Å²) in [5.74, 6) is 0.761. The molecule has 0 unspecified atom stereocenters. The summed E-state index contributed by atoms with van der Waals surface area (Å²) < 4.78 is 45.6. The second-order valence-corrected chi connectivity index (χ2v) is 7.03. The zero-order valence-corrected chi connectivity index (χ0v) is 16.6. The molecule has 0 radical (unpaired) electrons. The summed E-state index contributed by atoms with van der Waals surface area (Å²) in [6.07, 6.45) is -2.98. The maximum absolute atomic E-state index is 12.2. The lowest BCUT2D eigenvalue weighted by atomic mass is 10.3. The quantitative estimate of drug-likeness (QED) is 0.694. The lowest BCUT2D eigenvalue weighted by Crippen LogP contribution is -2.48. The van der Waals surface area contributed by atoms with Crippen molar-refractivity contribution in [1.29, 1.82) is 0 Å². The van der Waals surface area contributed by atoms with E-state index in [4.69, 9.17) is 4.52 Å². The molecule has 3 rings (SSSR count). The van der Waals surface area contributed by atoms with Crippen molar-refractivity contribution < 1.29 is 27.2 Å². The summed E-state index contributed by atoms with van der Waals surface area (Å²) in [6, 6.07) is 5.05. The molecule has 0 saturated carbocycles. The van der Waals surface area contributed by atoms with Crippen LogP contribution in [0.1, 0.15) is 25.1 Å². The maximum Gasteiger partial charge on any atom is 0.573 e. The Morgan fingerprint density at radius 2 is 1.83 bits per heavy atom. The number of carbonyl (C=O) groups is 1. The molecule has 0 aliphatic carbocycles. The Morgan fingerprint density at radius 1 is 1.17 bits per heavy atom. The van der Waals surface area contributed by atoms with E-state index in [-0.39, 0.29) is 18.2 Å². The Kier molecular flexibility index (Phi) is 7.27. The second-order valence-electron chi connectivity index (χ2n) is 7.03. The summed E-state index contributed by atoms with van der Waals surface area (Å²) in [5.41, 5.74) is 0.410. The van der Waals surface area contributed by atoms with Crippen molar-refractivity contribution in [1.82, 2.24) is 19.9 Å². The molecule has 1 aliphatic rings. The molecular formula is C19H24F3N5O3. The molecule has 0 bridgehead atoms. The van der Waals surface area contributed by atoms with Crippen molar-refractivity contribution in [2.24, 2.45) is 0 Å². The van der Waals surface area contributed by atoms with Crippen LogP contribution in [-0.2, 0) is 17.8 Å². The van der Waals surface area contributed by atoms with E-state index in [1.165, 1.54) is 12.1 Å². The third-order valence-corrected chi connectivity index (χ3v) is 4.55. The molecule has 0 spiro atoms. The number of rotatable bonds is 8. The summed E-state index contributed by atoms with van der Waals surface area (Å²) >= 11 is 0. The number of hydrogen-bond donors (Lipinski definition) is 1. The standard InChI is InChI=1S/C19H24F3N5O3/c1-2-3-16-24-18(30-25-16)13-27-10-8-26(9-11-27)12-17(28)23-14-4-6-15(7-5-14)29-19(20,21)22/h4-7H,2-3,8-13H2,1H3,(H,23,28). The van der Waals surface area contributed by atoms with Crippen molar-refractivity contribution >= 4 is 11.6 Å². The highest BCUT2D eigenvalue weighted by atomic mass is 19.4. The summed E-state index contributed by atoms with van der Waals surface area (Å²) in [6.45, 7) is 5.80. The van der Waals surface area contributed by atoms with Gasteiger partial charge in [0.15, 0.2) is 5.82 Å². The predicted octanol–water partition coefficient (Wildman–Crippen LogP) is 2.68. The van der Waals surface area contributed by atoms with Crippen LogP contribution < -0.4 is 10.1 Å². The Bertz CT molecular complexity index is 818. The van der Waals surface area contributed by atoms with Crippen LogP contribution in [0, 0.1) is 0 Å². The van der Waals surface area contributed by atoms with Crippen molar-refractivity contribution in [3.63, 3.8) is 0 Å². The summed E-state index contributed by atoms with van der Waals surface area (Å²) in [7, 11) is 0. The molecule has 0 atom stereocenters. The molecule has 1 fully saturated rings. The summed E-state index contributed by atoms with van der Waals surface area (Å²) in [5, 5.41) is 6.63. The minimum Gasteiger partial charge on any atom is -0.406 e. The zero-order chi connectivity index (χ0) is 21.6. The second kappa shape index (κ2) is 9.90. The molecule has 11 heteroatoms. The number of halogens is 3. The topological polar surface area (TPSA) is 83.7 Å². The van der Waals surface area contributed by atoms with E-state index >= 15 is 0 Å². The number of aryl methyl sites for hydroxylation is 1. The van der Waals surface area contributed by atoms with Crippen molar-refractivity contribution in [2.75, 3.05) is 38.0 Å². The normalized spacial score (nSPS) is 15.9. The van der Waals surface area contributed by atoms with Gasteiger partial charge in [-0.15, -0.1) is 13.2 Å². The first-order chi connectivity index (χ1) is 14.3. The van der Waals surface area contributed by atoms with Gasteiger partial charge < -0.3 is 14.6 Å². The molecule has 1 aromatic heterocycles. The summed E-state index contributed by atoms with van der Waals surface area (Å²) in [4.78, 5) is 20.8. The molecule has 1 aliphatic heterocycles. The van der Waals surface area contributed by atoms with Gasteiger partial charge in [0.1, 0.15) is 5.75 Å². The van der Waals surface area contributed by atoms with Gasteiger partial charge in [0.05, 0.1) is 13.1 Å². The number of piperazine rings is 1. The average molecular weight is 427 g/mol. The monoisotopic (exact) mass is 427 g/mol. The Labute approximate surface area is 172 Å². The number of ether oxygens (including phenoxy) is 1. The van der Waals surface area contributed by atoms with Crippen molar-refractivity contribution in [3.05, 3.63) is 36.0 Å². The Hall–Kier alpha value is -2.66. The van der Waals surface area contributed by atoms with Crippen LogP contribution in [0.3, 0.4) is 0 Å². The maximum atomic E-state index is 12.2. The molecule has 1 amide bonds. The lowest BCUT2D eigenvalue weighted by Gasteiger charge is -2.33. The van der Waals surface area contributed by atoms with Gasteiger partial charge in [-0.1, -0.05) is 12.1 Å². The first-order valence-corrected chi connectivity index (χ1v) is 9.72. The highest BCUT2D eigenvalue weighted by Crippen LogP contribution is 2.24. The predicted molar refractivity (Wildman–Crippen MR) is 102 cm³/mol. The molecule has 2 heterocycles.